The zero-order valence-electron chi connectivity index (χ0n) is 14.4. The molecule has 0 atom stereocenters. The molecule has 0 saturated heterocycles. The second-order valence-electron chi connectivity index (χ2n) is 6.08. The van der Waals surface area contributed by atoms with Crippen LogP contribution in [-0.2, 0) is 18.4 Å². The number of hydrogen-bond acceptors (Lipinski definition) is 4. The molecule has 0 spiro atoms. The third-order valence-corrected chi connectivity index (χ3v) is 3.43. The van der Waals surface area contributed by atoms with Crippen molar-refractivity contribution in [1.82, 2.24) is 20.0 Å². The predicted octanol–water partition coefficient (Wildman–Crippen LogP) is 1.18. The topological polar surface area (TPSA) is 53.4 Å². The summed E-state index contributed by atoms with van der Waals surface area (Å²) in [5.74, 6) is 1.64. The van der Waals surface area contributed by atoms with Crippen LogP contribution >= 0.6 is 0 Å². The van der Waals surface area contributed by atoms with E-state index in [1.165, 1.54) is 5.56 Å². The van der Waals surface area contributed by atoms with Crippen LogP contribution in [0.2, 0.25) is 0 Å². The number of carbonyl (C=O) groups excluding carboxylic acids is 1. The van der Waals surface area contributed by atoms with Gasteiger partial charge in [0.05, 0.1) is 5.69 Å². The summed E-state index contributed by atoms with van der Waals surface area (Å²) < 4.78 is 1.93. The molecular weight excluding hydrogens is 266 g/mol. The van der Waals surface area contributed by atoms with E-state index < -0.39 is 0 Å². The van der Waals surface area contributed by atoms with E-state index >= 15 is 0 Å². The minimum atomic E-state index is 0.144. The summed E-state index contributed by atoms with van der Waals surface area (Å²) >= 11 is 0. The van der Waals surface area contributed by atoms with Gasteiger partial charge in [-0.25, -0.2) is 0 Å². The van der Waals surface area contributed by atoms with Crippen molar-refractivity contribution in [3.63, 3.8) is 0 Å². The first kappa shape index (κ1) is 17.5. The van der Waals surface area contributed by atoms with Crippen LogP contribution in [0.1, 0.15) is 37.4 Å². The van der Waals surface area contributed by atoms with Crippen molar-refractivity contribution in [1.29, 1.82) is 0 Å². The largest absolute Gasteiger partial charge is 0.363 e. The Morgan fingerprint density at radius 1 is 1.29 bits per heavy atom. The van der Waals surface area contributed by atoms with Gasteiger partial charge >= 0.3 is 0 Å². The van der Waals surface area contributed by atoms with E-state index in [9.17, 15) is 4.79 Å². The van der Waals surface area contributed by atoms with Gasteiger partial charge in [-0.2, -0.15) is 5.10 Å². The highest BCUT2D eigenvalue weighted by atomic mass is 16.2. The van der Waals surface area contributed by atoms with E-state index in [0.717, 1.165) is 18.1 Å². The van der Waals surface area contributed by atoms with Gasteiger partial charge in [0, 0.05) is 60.3 Å². The van der Waals surface area contributed by atoms with Gasteiger partial charge in [-0.05, 0) is 5.92 Å². The molecule has 6 heteroatoms. The Hall–Kier alpha value is -1.56. The lowest BCUT2D eigenvalue weighted by Gasteiger charge is -2.16. The lowest BCUT2D eigenvalue weighted by molar-refractivity contribution is -0.128. The van der Waals surface area contributed by atoms with Crippen LogP contribution in [0.3, 0.4) is 0 Å². The van der Waals surface area contributed by atoms with Crippen LogP contribution in [0.15, 0.2) is 0 Å². The standard InChI is InChI=1S/C15H29N5O/c1-11(2)14-12(15(19(5)6)20(7)17-14)10-16-9-8-13(21)18(3)4/h11,16H,8-10H2,1-7H3. The molecule has 1 rings (SSSR count). The highest BCUT2D eigenvalue weighted by Gasteiger charge is 2.19. The van der Waals surface area contributed by atoms with E-state index in [1.54, 1.807) is 19.0 Å². The second kappa shape index (κ2) is 7.45. The van der Waals surface area contributed by atoms with E-state index in [0.29, 0.717) is 18.9 Å². The number of aryl methyl sites for hydroxylation is 1. The van der Waals surface area contributed by atoms with Crippen LogP contribution in [0.4, 0.5) is 5.82 Å². The van der Waals surface area contributed by atoms with E-state index in [1.807, 2.05) is 25.8 Å². The zero-order valence-corrected chi connectivity index (χ0v) is 14.4. The Labute approximate surface area is 128 Å². The maximum absolute atomic E-state index is 11.6. The average Bonchev–Trinajstić information content (AvgIpc) is 2.71. The highest BCUT2D eigenvalue weighted by Crippen LogP contribution is 2.26. The summed E-state index contributed by atoms with van der Waals surface area (Å²) in [5, 5.41) is 8.00. The van der Waals surface area contributed by atoms with Gasteiger partial charge in [0.1, 0.15) is 5.82 Å². The van der Waals surface area contributed by atoms with Gasteiger partial charge < -0.3 is 15.1 Å². The molecule has 0 saturated carbocycles. The fourth-order valence-electron chi connectivity index (χ4n) is 2.40. The number of rotatable bonds is 7. The summed E-state index contributed by atoms with van der Waals surface area (Å²) in [5.41, 5.74) is 2.34. The van der Waals surface area contributed by atoms with Crippen molar-refractivity contribution in [3.05, 3.63) is 11.3 Å². The first-order chi connectivity index (χ1) is 9.75. The number of aromatic nitrogens is 2. The smallest absolute Gasteiger partial charge is 0.223 e. The summed E-state index contributed by atoms with van der Waals surface area (Å²) in [4.78, 5) is 15.3. The molecule has 0 unspecified atom stereocenters. The number of anilines is 1. The maximum atomic E-state index is 11.6. The van der Waals surface area contributed by atoms with E-state index in [4.69, 9.17) is 0 Å². The summed E-state index contributed by atoms with van der Waals surface area (Å²) in [6, 6.07) is 0. The first-order valence-corrected chi connectivity index (χ1v) is 7.39. The van der Waals surface area contributed by atoms with Gasteiger partial charge in [-0.3, -0.25) is 9.48 Å². The first-order valence-electron chi connectivity index (χ1n) is 7.39. The minimum absolute atomic E-state index is 0.144. The molecule has 0 bridgehead atoms. The van der Waals surface area contributed by atoms with Gasteiger partial charge in [0.25, 0.3) is 0 Å². The summed E-state index contributed by atoms with van der Waals surface area (Å²) in [7, 11) is 9.59. The third kappa shape index (κ3) is 4.46. The van der Waals surface area contributed by atoms with Crippen molar-refractivity contribution < 1.29 is 4.79 Å². The molecule has 1 amide bonds. The van der Waals surface area contributed by atoms with Gasteiger partial charge in [-0.1, -0.05) is 13.8 Å². The fraction of sp³-hybridized carbons (Fsp3) is 0.733. The Morgan fingerprint density at radius 2 is 1.90 bits per heavy atom. The molecule has 0 aliphatic carbocycles. The molecule has 1 N–H and O–H groups in total. The maximum Gasteiger partial charge on any atom is 0.223 e. The van der Waals surface area contributed by atoms with Crippen molar-refractivity contribution in [3.8, 4) is 0 Å². The van der Waals surface area contributed by atoms with Crippen molar-refractivity contribution in [2.45, 2.75) is 32.7 Å². The van der Waals surface area contributed by atoms with Crippen molar-refractivity contribution in [2.75, 3.05) is 39.6 Å². The number of amides is 1. The molecule has 0 aliphatic heterocycles. The normalized spacial score (nSPS) is 11.0. The Morgan fingerprint density at radius 3 is 2.38 bits per heavy atom. The van der Waals surface area contributed by atoms with Crippen molar-refractivity contribution in [2.24, 2.45) is 7.05 Å². The Kier molecular flexibility index (Phi) is 6.20. The Balaban J connectivity index is 2.75. The average molecular weight is 295 g/mol. The second-order valence-corrected chi connectivity index (χ2v) is 6.08. The molecule has 21 heavy (non-hydrogen) atoms. The molecule has 0 radical (unpaired) electrons. The van der Waals surface area contributed by atoms with Gasteiger partial charge in [0.2, 0.25) is 5.91 Å². The number of carbonyl (C=O) groups is 1. The molecule has 1 heterocycles. The summed E-state index contributed by atoms with van der Waals surface area (Å²) in [6.45, 7) is 5.72. The molecule has 120 valence electrons. The predicted molar refractivity (Wildman–Crippen MR) is 86.6 cm³/mol. The highest BCUT2D eigenvalue weighted by molar-refractivity contribution is 5.75. The third-order valence-electron chi connectivity index (χ3n) is 3.43. The Bertz CT molecular complexity index is 477. The monoisotopic (exact) mass is 295 g/mol. The lowest BCUT2D eigenvalue weighted by Crippen LogP contribution is -2.27. The SMILES string of the molecule is CC(C)c1nn(C)c(N(C)C)c1CNCCC(=O)N(C)C. The molecule has 6 nitrogen and oxygen atoms in total. The number of hydrogen-bond donors (Lipinski definition) is 1. The molecule has 1 aromatic heterocycles. The van der Waals surface area contributed by atoms with Crippen molar-refractivity contribution >= 4 is 11.7 Å². The molecule has 0 fully saturated rings. The summed E-state index contributed by atoms with van der Waals surface area (Å²) in [6.07, 6.45) is 0.515. The number of nitrogens with zero attached hydrogens (tertiary/aromatic N) is 4. The van der Waals surface area contributed by atoms with Crippen LogP contribution in [-0.4, -0.2) is 55.3 Å². The molecule has 1 aromatic rings. The van der Waals surface area contributed by atoms with Gasteiger partial charge in [-0.15, -0.1) is 0 Å². The van der Waals surface area contributed by atoms with Crippen LogP contribution in [0.5, 0.6) is 0 Å². The number of nitrogens with one attached hydrogen (secondary N) is 1. The molecule has 0 aromatic carbocycles. The fourth-order valence-corrected chi connectivity index (χ4v) is 2.40. The molecular formula is C15H29N5O. The van der Waals surface area contributed by atoms with Gasteiger partial charge in [0.15, 0.2) is 0 Å². The van der Waals surface area contributed by atoms with Crippen LogP contribution < -0.4 is 10.2 Å². The van der Waals surface area contributed by atoms with E-state index in [-0.39, 0.29) is 5.91 Å². The van der Waals surface area contributed by atoms with Crippen LogP contribution in [0, 0.1) is 0 Å². The van der Waals surface area contributed by atoms with E-state index in [2.05, 4.69) is 29.2 Å². The van der Waals surface area contributed by atoms with Crippen LogP contribution in [0.25, 0.3) is 0 Å². The zero-order chi connectivity index (χ0) is 16.2. The lowest BCUT2D eigenvalue weighted by atomic mass is 10.1. The molecule has 0 aliphatic rings. The minimum Gasteiger partial charge on any atom is -0.363 e. The quantitative estimate of drug-likeness (QED) is 0.768.